The minimum Gasteiger partial charge on any atom is -0.394 e. The molecule has 2 aromatic rings. The molecule has 2 N–H and O–H groups in total. The molecule has 0 bridgehead atoms. The fourth-order valence-corrected chi connectivity index (χ4v) is 3.56. The van der Waals surface area contributed by atoms with Crippen LogP contribution in [0.4, 0.5) is 11.4 Å². The first kappa shape index (κ1) is 16.4. The lowest BCUT2D eigenvalue weighted by atomic mass is 10.0. The normalized spacial score (nSPS) is 19.4. The Labute approximate surface area is 161 Å². The van der Waals surface area contributed by atoms with Gasteiger partial charge in [0.05, 0.1) is 17.0 Å². The van der Waals surface area contributed by atoms with Gasteiger partial charge >= 0.3 is 0 Å². The van der Waals surface area contributed by atoms with Gasteiger partial charge in [-0.2, -0.15) is 0 Å². The molecule has 2 aliphatic rings. The fourth-order valence-electron chi connectivity index (χ4n) is 2.95. The number of allylic oxidation sites excluding steroid dienone is 1. The van der Waals surface area contributed by atoms with Crippen LogP contribution < -0.4 is 10.6 Å². The maximum atomic E-state index is 12.7. The first-order chi connectivity index (χ1) is 12.2. The summed E-state index contributed by atoms with van der Waals surface area (Å²) in [5.41, 5.74) is 5.28. The number of nitrogens with zero attached hydrogens (tertiary/aromatic N) is 1. The molecule has 2 aliphatic heterocycles. The van der Waals surface area contributed by atoms with Crippen LogP contribution in [-0.4, -0.2) is 23.6 Å². The summed E-state index contributed by atoms with van der Waals surface area (Å²) < 4.78 is 0.846. The van der Waals surface area contributed by atoms with Gasteiger partial charge in [-0.3, -0.25) is 4.79 Å². The Morgan fingerprint density at radius 3 is 2.68 bits per heavy atom. The Bertz CT molecular complexity index is 938. The molecule has 1 amide bonds. The number of para-hydroxylation sites is 2. The predicted molar refractivity (Wildman–Crippen MR) is 106 cm³/mol. The third-order valence-corrected chi connectivity index (χ3v) is 4.99. The van der Waals surface area contributed by atoms with E-state index in [4.69, 9.17) is 4.84 Å². The summed E-state index contributed by atoms with van der Waals surface area (Å²) in [6, 6.07) is 13.5. The Kier molecular flexibility index (Phi) is 4.35. The summed E-state index contributed by atoms with van der Waals surface area (Å²) in [7, 11) is 0. The number of anilines is 2. The minimum absolute atomic E-state index is 0.162. The molecule has 0 aliphatic carbocycles. The van der Waals surface area contributed by atoms with E-state index >= 15 is 0 Å². The van der Waals surface area contributed by atoms with Crippen molar-refractivity contribution < 1.29 is 9.63 Å². The molecule has 0 atom stereocenters. The van der Waals surface area contributed by atoms with Crippen LogP contribution in [0.3, 0.4) is 0 Å². The second-order valence-electron chi connectivity index (χ2n) is 5.50. The number of rotatable bonds is 3. The third-order valence-electron chi connectivity index (χ3n) is 4.00. The third kappa shape index (κ3) is 2.77. The molecular formula is C18H13Br2N3O2. The molecule has 126 valence electrons. The van der Waals surface area contributed by atoms with Crippen LogP contribution in [0.15, 0.2) is 57.8 Å². The van der Waals surface area contributed by atoms with E-state index < -0.39 is 0 Å². The SMILES string of the molecule is O=C1Nc2c(Br)cccc2/C1=C1/Nc2ccccc2/C1=N/OCCBr. The molecule has 0 spiro atoms. The van der Waals surface area contributed by atoms with Gasteiger partial charge in [0.1, 0.15) is 12.3 Å². The number of amides is 1. The molecule has 0 radical (unpaired) electrons. The summed E-state index contributed by atoms with van der Waals surface area (Å²) in [4.78, 5) is 18.1. The van der Waals surface area contributed by atoms with Gasteiger partial charge in [0.15, 0.2) is 0 Å². The van der Waals surface area contributed by atoms with Gasteiger partial charge in [0.25, 0.3) is 5.91 Å². The van der Waals surface area contributed by atoms with Crippen molar-refractivity contribution in [2.24, 2.45) is 5.16 Å². The van der Waals surface area contributed by atoms with E-state index in [0.29, 0.717) is 28.9 Å². The molecule has 0 saturated carbocycles. The minimum atomic E-state index is -0.162. The Morgan fingerprint density at radius 2 is 1.84 bits per heavy atom. The van der Waals surface area contributed by atoms with E-state index in [9.17, 15) is 4.79 Å². The molecule has 0 aromatic heterocycles. The second-order valence-corrected chi connectivity index (χ2v) is 7.15. The highest BCUT2D eigenvalue weighted by Crippen LogP contribution is 2.41. The Balaban J connectivity index is 1.90. The number of hydrogen-bond acceptors (Lipinski definition) is 4. The van der Waals surface area contributed by atoms with Crippen LogP contribution in [0.5, 0.6) is 0 Å². The maximum Gasteiger partial charge on any atom is 0.258 e. The van der Waals surface area contributed by atoms with Crippen LogP contribution in [0.1, 0.15) is 11.1 Å². The number of hydrogen-bond donors (Lipinski definition) is 2. The first-order valence-corrected chi connectivity index (χ1v) is 9.59. The van der Waals surface area contributed by atoms with Crippen LogP contribution in [0.25, 0.3) is 5.57 Å². The lowest BCUT2D eigenvalue weighted by Gasteiger charge is -2.06. The first-order valence-electron chi connectivity index (χ1n) is 7.68. The average Bonchev–Trinajstić information content (AvgIpc) is 3.13. The molecule has 5 nitrogen and oxygen atoms in total. The zero-order valence-corrected chi connectivity index (χ0v) is 16.1. The molecular weight excluding hydrogens is 450 g/mol. The summed E-state index contributed by atoms with van der Waals surface area (Å²) in [5, 5.41) is 11.2. The largest absolute Gasteiger partial charge is 0.394 e. The van der Waals surface area contributed by atoms with Gasteiger partial charge < -0.3 is 15.5 Å². The average molecular weight is 463 g/mol. The van der Waals surface area contributed by atoms with Crippen LogP contribution >= 0.6 is 31.9 Å². The highest BCUT2D eigenvalue weighted by Gasteiger charge is 2.34. The van der Waals surface area contributed by atoms with Gasteiger partial charge in [-0.15, -0.1) is 0 Å². The Hall–Kier alpha value is -2.12. The van der Waals surface area contributed by atoms with Gasteiger partial charge in [-0.25, -0.2) is 0 Å². The lowest BCUT2D eigenvalue weighted by Crippen LogP contribution is -2.13. The predicted octanol–water partition coefficient (Wildman–Crippen LogP) is 4.35. The molecule has 0 unspecified atom stereocenters. The molecule has 2 heterocycles. The number of nitrogens with one attached hydrogen (secondary N) is 2. The number of oxime groups is 1. The van der Waals surface area contributed by atoms with E-state index in [1.54, 1.807) is 0 Å². The van der Waals surface area contributed by atoms with Crippen molar-refractivity contribution in [3.05, 3.63) is 63.8 Å². The lowest BCUT2D eigenvalue weighted by molar-refractivity contribution is -0.110. The zero-order chi connectivity index (χ0) is 17.4. The Morgan fingerprint density at radius 1 is 1.04 bits per heavy atom. The highest BCUT2D eigenvalue weighted by atomic mass is 79.9. The number of alkyl halides is 1. The van der Waals surface area contributed by atoms with Crippen LogP contribution in [-0.2, 0) is 9.63 Å². The summed E-state index contributed by atoms with van der Waals surface area (Å²) in [5.74, 6) is -0.162. The van der Waals surface area contributed by atoms with Gasteiger partial charge in [-0.05, 0) is 28.1 Å². The summed E-state index contributed by atoms with van der Waals surface area (Å²) in [6.07, 6.45) is 0. The van der Waals surface area contributed by atoms with E-state index in [-0.39, 0.29) is 5.91 Å². The van der Waals surface area contributed by atoms with Gasteiger partial charge in [-0.1, -0.05) is 51.4 Å². The monoisotopic (exact) mass is 461 g/mol. The van der Waals surface area contributed by atoms with E-state index in [1.165, 1.54) is 0 Å². The van der Waals surface area contributed by atoms with Gasteiger partial charge in [0.2, 0.25) is 0 Å². The second kappa shape index (κ2) is 6.65. The van der Waals surface area contributed by atoms with Crippen molar-refractivity contribution in [3.8, 4) is 0 Å². The number of halogens is 2. The van der Waals surface area contributed by atoms with Crippen molar-refractivity contribution in [3.63, 3.8) is 0 Å². The number of benzene rings is 2. The highest BCUT2D eigenvalue weighted by molar-refractivity contribution is 9.10. The van der Waals surface area contributed by atoms with Crippen molar-refractivity contribution in [1.82, 2.24) is 0 Å². The van der Waals surface area contributed by atoms with E-state index in [1.807, 2.05) is 42.5 Å². The van der Waals surface area contributed by atoms with Crippen molar-refractivity contribution in [2.75, 3.05) is 22.6 Å². The number of carbonyl (C=O) groups excluding carboxylic acids is 1. The van der Waals surface area contributed by atoms with Crippen LogP contribution in [0, 0.1) is 0 Å². The molecule has 7 heteroatoms. The quantitative estimate of drug-likeness (QED) is 0.308. The topological polar surface area (TPSA) is 62.7 Å². The van der Waals surface area contributed by atoms with Crippen LogP contribution in [0.2, 0.25) is 0 Å². The molecule has 4 rings (SSSR count). The smallest absolute Gasteiger partial charge is 0.258 e. The molecule has 0 fully saturated rings. The van der Waals surface area contributed by atoms with Crippen molar-refractivity contribution in [2.45, 2.75) is 0 Å². The number of carbonyl (C=O) groups is 1. The fraction of sp³-hybridized carbons (Fsp3) is 0.111. The van der Waals surface area contributed by atoms with Crippen molar-refractivity contribution in [1.29, 1.82) is 0 Å². The van der Waals surface area contributed by atoms with E-state index in [2.05, 4.69) is 47.6 Å². The van der Waals surface area contributed by atoms with E-state index in [0.717, 1.165) is 27.0 Å². The zero-order valence-electron chi connectivity index (χ0n) is 13.0. The summed E-state index contributed by atoms with van der Waals surface area (Å²) >= 11 is 6.81. The van der Waals surface area contributed by atoms with Crippen molar-refractivity contribution >= 4 is 60.4 Å². The van der Waals surface area contributed by atoms with Gasteiger partial charge in [0, 0.05) is 26.6 Å². The number of fused-ring (bicyclic) bond motifs is 2. The standard InChI is InChI=1S/C18H13Br2N3O2/c19-8-9-25-23-16-10-4-1-2-7-13(10)21-17(16)14-11-5-3-6-12(20)15(11)22-18(14)24/h1-7,21H,8-9H2,(H,22,24)/b17-14-,23-16-. The molecule has 0 saturated heterocycles. The molecule has 25 heavy (non-hydrogen) atoms. The maximum absolute atomic E-state index is 12.7. The molecule has 2 aromatic carbocycles. The summed E-state index contributed by atoms with van der Waals surface area (Å²) in [6.45, 7) is 0.447.